The van der Waals surface area contributed by atoms with Crippen molar-refractivity contribution in [1.82, 2.24) is 0 Å². The highest BCUT2D eigenvalue weighted by Gasteiger charge is 2.14. The van der Waals surface area contributed by atoms with Gasteiger partial charge in [-0.3, -0.25) is 9.59 Å². The zero-order valence-electron chi connectivity index (χ0n) is 16.8. The van der Waals surface area contributed by atoms with Crippen LogP contribution >= 0.6 is 0 Å². The summed E-state index contributed by atoms with van der Waals surface area (Å²) in [5, 5.41) is 10.4. The number of phenols is 1. The van der Waals surface area contributed by atoms with Gasteiger partial charge in [-0.25, -0.2) is 4.79 Å². The molecule has 1 heterocycles. The Morgan fingerprint density at radius 1 is 1.07 bits per heavy atom. The Morgan fingerprint density at radius 2 is 1.87 bits per heavy atom. The highest BCUT2D eigenvalue weighted by molar-refractivity contribution is 5.98. The van der Waals surface area contributed by atoms with Gasteiger partial charge in [0.1, 0.15) is 12.2 Å². The molecule has 0 amide bonds. The molecule has 0 saturated heterocycles. The number of carbonyl (C=O) groups is 2. The first-order valence-corrected chi connectivity index (χ1v) is 9.55. The van der Waals surface area contributed by atoms with Gasteiger partial charge in [-0.2, -0.15) is 0 Å². The van der Waals surface area contributed by atoms with Crippen molar-refractivity contribution >= 4 is 22.7 Å². The SMILES string of the molecule is CCOc1cc(C(=O)CCC(=O)OCc2cc(=O)oc3cc(C)ccc23)ccc1O. The lowest BCUT2D eigenvalue weighted by atomic mass is 10.1. The Balaban J connectivity index is 1.60. The van der Waals surface area contributed by atoms with E-state index in [0.29, 0.717) is 28.7 Å². The summed E-state index contributed by atoms with van der Waals surface area (Å²) >= 11 is 0. The van der Waals surface area contributed by atoms with Gasteiger partial charge >= 0.3 is 11.6 Å². The van der Waals surface area contributed by atoms with Crippen LogP contribution in [-0.4, -0.2) is 23.5 Å². The maximum atomic E-state index is 12.3. The maximum absolute atomic E-state index is 12.3. The number of rotatable bonds is 8. The van der Waals surface area contributed by atoms with Crippen LogP contribution in [0.4, 0.5) is 0 Å². The van der Waals surface area contributed by atoms with Gasteiger partial charge in [-0.15, -0.1) is 0 Å². The molecule has 7 heteroatoms. The lowest BCUT2D eigenvalue weighted by molar-refractivity contribution is -0.144. The van der Waals surface area contributed by atoms with Crippen LogP contribution in [0.3, 0.4) is 0 Å². The smallest absolute Gasteiger partial charge is 0.336 e. The number of Topliss-reactive ketones (excluding diaryl/α,β-unsaturated/α-hetero) is 1. The number of aromatic hydroxyl groups is 1. The minimum Gasteiger partial charge on any atom is -0.504 e. The molecular weight excluding hydrogens is 388 g/mol. The van der Waals surface area contributed by atoms with Crippen LogP contribution in [0.25, 0.3) is 11.0 Å². The summed E-state index contributed by atoms with van der Waals surface area (Å²) in [5.74, 6) is -0.659. The number of ketones is 1. The third-order valence-electron chi connectivity index (χ3n) is 4.51. The molecule has 0 saturated carbocycles. The number of esters is 1. The molecule has 3 aromatic rings. The van der Waals surface area contributed by atoms with Crippen molar-refractivity contribution in [2.45, 2.75) is 33.3 Å². The summed E-state index contributed by atoms with van der Waals surface area (Å²) in [6.45, 7) is 3.91. The van der Waals surface area contributed by atoms with Gasteiger partial charge in [0, 0.05) is 29.0 Å². The maximum Gasteiger partial charge on any atom is 0.336 e. The second-order valence-electron chi connectivity index (χ2n) is 6.79. The first-order chi connectivity index (χ1) is 14.4. The highest BCUT2D eigenvalue weighted by Crippen LogP contribution is 2.27. The molecule has 0 fully saturated rings. The predicted octanol–water partition coefficient (Wildman–Crippen LogP) is 3.91. The van der Waals surface area contributed by atoms with E-state index < -0.39 is 11.6 Å². The Labute approximate surface area is 172 Å². The minimum atomic E-state index is -0.555. The van der Waals surface area contributed by atoms with Crippen molar-refractivity contribution in [2.24, 2.45) is 0 Å². The Morgan fingerprint density at radius 3 is 2.63 bits per heavy atom. The normalized spacial score (nSPS) is 10.7. The third-order valence-corrected chi connectivity index (χ3v) is 4.51. The van der Waals surface area contributed by atoms with Crippen molar-refractivity contribution in [3.8, 4) is 11.5 Å². The van der Waals surface area contributed by atoms with Crippen LogP contribution in [-0.2, 0) is 16.1 Å². The minimum absolute atomic E-state index is 0.0496. The standard InChI is InChI=1S/C23H22O7/c1-3-28-21-11-15(5-7-19(21)25)18(24)8-9-22(26)29-13-16-12-23(27)30-20-10-14(2)4-6-17(16)20/h4-7,10-12,25H,3,8-9,13H2,1-2H3. The summed E-state index contributed by atoms with van der Waals surface area (Å²) in [6, 6.07) is 11.0. The molecule has 2 aromatic carbocycles. The molecule has 3 rings (SSSR count). The van der Waals surface area contributed by atoms with E-state index in [-0.39, 0.29) is 36.7 Å². The number of benzene rings is 2. The molecule has 30 heavy (non-hydrogen) atoms. The topological polar surface area (TPSA) is 103 Å². The van der Waals surface area contributed by atoms with Gasteiger partial charge in [0.25, 0.3) is 0 Å². The van der Waals surface area contributed by atoms with Crippen molar-refractivity contribution in [1.29, 1.82) is 0 Å². The molecule has 156 valence electrons. The molecule has 1 aromatic heterocycles. The summed E-state index contributed by atoms with van der Waals surface area (Å²) in [5.41, 5.74) is 1.74. The van der Waals surface area contributed by atoms with Crippen molar-refractivity contribution in [3.05, 3.63) is 69.6 Å². The average Bonchev–Trinajstić information content (AvgIpc) is 2.71. The van der Waals surface area contributed by atoms with Gasteiger partial charge in [0.2, 0.25) is 0 Å². The van der Waals surface area contributed by atoms with E-state index in [1.807, 2.05) is 13.0 Å². The zero-order valence-corrected chi connectivity index (χ0v) is 16.8. The summed E-state index contributed by atoms with van der Waals surface area (Å²) < 4.78 is 15.7. The fraction of sp³-hybridized carbons (Fsp3) is 0.261. The van der Waals surface area contributed by atoms with Gasteiger partial charge in [0.15, 0.2) is 17.3 Å². The highest BCUT2D eigenvalue weighted by atomic mass is 16.5. The predicted molar refractivity (Wildman–Crippen MR) is 110 cm³/mol. The van der Waals surface area contributed by atoms with E-state index in [9.17, 15) is 19.5 Å². The molecule has 0 aliphatic carbocycles. The Hall–Kier alpha value is -3.61. The number of ether oxygens (including phenoxy) is 2. The summed E-state index contributed by atoms with van der Waals surface area (Å²) in [4.78, 5) is 36.2. The number of hydrogen-bond acceptors (Lipinski definition) is 7. The quantitative estimate of drug-likeness (QED) is 0.341. The first kappa shape index (κ1) is 21.1. The molecule has 0 unspecified atom stereocenters. The van der Waals surface area contributed by atoms with Crippen molar-refractivity contribution in [2.75, 3.05) is 6.61 Å². The summed E-state index contributed by atoms with van der Waals surface area (Å²) in [7, 11) is 0. The summed E-state index contributed by atoms with van der Waals surface area (Å²) in [6.07, 6.45) is -0.159. The van der Waals surface area contributed by atoms with Gasteiger partial charge in [0.05, 0.1) is 13.0 Å². The van der Waals surface area contributed by atoms with Crippen LogP contribution in [0, 0.1) is 6.92 Å². The molecular formula is C23H22O7. The monoisotopic (exact) mass is 410 g/mol. The van der Waals surface area contributed by atoms with E-state index in [1.54, 1.807) is 19.1 Å². The second kappa shape index (κ2) is 9.26. The molecule has 0 bridgehead atoms. The number of fused-ring (bicyclic) bond motifs is 1. The molecule has 0 aliphatic heterocycles. The van der Waals surface area contributed by atoms with E-state index in [1.165, 1.54) is 24.3 Å². The molecule has 0 atom stereocenters. The van der Waals surface area contributed by atoms with Crippen molar-refractivity contribution in [3.63, 3.8) is 0 Å². The molecule has 0 aliphatic rings. The van der Waals surface area contributed by atoms with E-state index in [2.05, 4.69) is 0 Å². The lowest BCUT2D eigenvalue weighted by Gasteiger charge is -2.09. The van der Waals surface area contributed by atoms with Crippen LogP contribution in [0.5, 0.6) is 11.5 Å². The molecule has 0 radical (unpaired) electrons. The first-order valence-electron chi connectivity index (χ1n) is 9.55. The number of carbonyl (C=O) groups excluding carboxylic acids is 2. The van der Waals surface area contributed by atoms with Crippen LogP contribution < -0.4 is 10.4 Å². The lowest BCUT2D eigenvalue weighted by Crippen LogP contribution is -2.10. The number of phenolic OH excluding ortho intramolecular Hbond substituents is 1. The molecule has 0 spiro atoms. The van der Waals surface area contributed by atoms with Crippen LogP contribution in [0.1, 0.15) is 41.3 Å². The third kappa shape index (κ3) is 5.05. The van der Waals surface area contributed by atoms with Crippen molar-refractivity contribution < 1.29 is 28.6 Å². The van der Waals surface area contributed by atoms with Gasteiger partial charge in [-0.05, 0) is 43.7 Å². The number of hydrogen-bond donors (Lipinski definition) is 1. The largest absolute Gasteiger partial charge is 0.504 e. The fourth-order valence-corrected chi connectivity index (χ4v) is 3.01. The van der Waals surface area contributed by atoms with Gasteiger partial charge in [-0.1, -0.05) is 12.1 Å². The fourth-order valence-electron chi connectivity index (χ4n) is 3.01. The Bertz CT molecular complexity index is 1140. The average molecular weight is 410 g/mol. The molecule has 7 nitrogen and oxygen atoms in total. The Kier molecular flexibility index (Phi) is 6.51. The second-order valence-corrected chi connectivity index (χ2v) is 6.79. The van der Waals surface area contributed by atoms with E-state index in [4.69, 9.17) is 13.9 Å². The molecule has 1 N–H and O–H groups in total. The van der Waals surface area contributed by atoms with Crippen LogP contribution in [0.2, 0.25) is 0 Å². The van der Waals surface area contributed by atoms with Crippen LogP contribution in [0.15, 0.2) is 51.7 Å². The van der Waals surface area contributed by atoms with E-state index >= 15 is 0 Å². The van der Waals surface area contributed by atoms with E-state index in [0.717, 1.165) is 5.56 Å². The van der Waals surface area contributed by atoms with Gasteiger partial charge < -0.3 is 19.0 Å². The zero-order chi connectivity index (χ0) is 21.7. The number of aryl methyl sites for hydroxylation is 1.